The van der Waals surface area contributed by atoms with E-state index >= 15 is 0 Å². The molecule has 0 unspecified atom stereocenters. The number of benzene rings is 2. The number of pyridine rings is 1. The first kappa shape index (κ1) is 15.2. The fourth-order valence-corrected chi connectivity index (χ4v) is 2.77. The summed E-state index contributed by atoms with van der Waals surface area (Å²) in [6, 6.07) is 20.3. The normalized spacial score (nSPS) is 13.3. The van der Waals surface area contributed by atoms with Crippen molar-refractivity contribution in [3.63, 3.8) is 0 Å². The summed E-state index contributed by atoms with van der Waals surface area (Å²) in [6.45, 7) is 0.182. The van der Waals surface area contributed by atoms with Crippen LogP contribution in [0.4, 0.5) is 0 Å². The molecule has 1 aliphatic rings. The summed E-state index contributed by atoms with van der Waals surface area (Å²) < 4.78 is 10.6. The molecule has 5 nitrogen and oxygen atoms in total. The van der Waals surface area contributed by atoms with Crippen LogP contribution in [0.15, 0.2) is 72.9 Å². The van der Waals surface area contributed by atoms with E-state index in [2.05, 4.69) is 10.3 Å². The molecule has 124 valence electrons. The number of aromatic nitrogens is 1. The van der Waals surface area contributed by atoms with Gasteiger partial charge >= 0.3 is 0 Å². The Labute approximate surface area is 145 Å². The Hall–Kier alpha value is -3.34. The van der Waals surface area contributed by atoms with Gasteiger partial charge in [0.1, 0.15) is 0 Å². The van der Waals surface area contributed by atoms with Crippen molar-refractivity contribution in [1.82, 2.24) is 10.3 Å². The molecular formula is C20H16N2O3. The zero-order chi connectivity index (χ0) is 17.1. The molecule has 0 bridgehead atoms. The van der Waals surface area contributed by atoms with Crippen molar-refractivity contribution in [2.75, 3.05) is 6.79 Å². The van der Waals surface area contributed by atoms with E-state index in [4.69, 9.17) is 9.47 Å². The number of ether oxygens (including phenoxy) is 2. The van der Waals surface area contributed by atoms with Gasteiger partial charge in [0.15, 0.2) is 11.5 Å². The summed E-state index contributed by atoms with van der Waals surface area (Å²) >= 11 is 0. The smallest absolute Gasteiger partial charge is 0.252 e. The number of carbonyl (C=O) groups excluding carboxylic acids is 1. The second kappa shape index (κ2) is 6.65. The van der Waals surface area contributed by atoms with Gasteiger partial charge in [0.25, 0.3) is 5.91 Å². The highest BCUT2D eigenvalue weighted by atomic mass is 16.7. The fourth-order valence-electron chi connectivity index (χ4n) is 2.77. The average Bonchev–Trinajstić information content (AvgIpc) is 3.15. The molecule has 5 heteroatoms. The second-order valence-corrected chi connectivity index (χ2v) is 5.64. The molecule has 0 saturated carbocycles. The number of hydrogen-bond acceptors (Lipinski definition) is 4. The van der Waals surface area contributed by atoms with Gasteiger partial charge in [-0.2, -0.15) is 0 Å². The van der Waals surface area contributed by atoms with Gasteiger partial charge in [-0.15, -0.1) is 0 Å². The number of fused-ring (bicyclic) bond motifs is 1. The number of nitrogens with zero attached hydrogens (tertiary/aromatic N) is 1. The SMILES string of the molecule is O=C(N[C@H](c1ccccc1)c1ccccn1)c1ccc2c(c1)OCO2. The van der Waals surface area contributed by atoms with Crippen LogP contribution in [0.5, 0.6) is 11.5 Å². The van der Waals surface area contributed by atoms with Crippen LogP contribution >= 0.6 is 0 Å². The standard InChI is InChI=1S/C20H16N2O3/c23-20(15-9-10-17-18(12-15)25-13-24-17)22-19(14-6-2-1-3-7-14)16-8-4-5-11-21-16/h1-12,19H,13H2,(H,22,23)/t19-/m1/s1. The van der Waals surface area contributed by atoms with Gasteiger partial charge in [-0.3, -0.25) is 9.78 Å². The Balaban J connectivity index is 1.63. The molecular weight excluding hydrogens is 316 g/mol. The highest BCUT2D eigenvalue weighted by molar-refractivity contribution is 5.95. The highest BCUT2D eigenvalue weighted by Gasteiger charge is 2.21. The molecule has 1 amide bonds. The molecule has 25 heavy (non-hydrogen) atoms. The first-order valence-electron chi connectivity index (χ1n) is 7.97. The number of amides is 1. The molecule has 0 radical (unpaired) electrons. The Bertz CT molecular complexity index is 842. The van der Waals surface area contributed by atoms with Gasteiger partial charge in [-0.25, -0.2) is 0 Å². The quantitative estimate of drug-likeness (QED) is 0.796. The summed E-state index contributed by atoms with van der Waals surface area (Å²) in [5, 5.41) is 3.06. The number of nitrogens with one attached hydrogen (secondary N) is 1. The molecule has 0 fully saturated rings. The van der Waals surface area contributed by atoms with Crippen molar-refractivity contribution in [3.8, 4) is 11.5 Å². The summed E-state index contributed by atoms with van der Waals surface area (Å²) in [5.41, 5.74) is 2.26. The van der Waals surface area contributed by atoms with Crippen LogP contribution in [-0.2, 0) is 0 Å². The van der Waals surface area contributed by atoms with Gasteiger partial charge in [-0.1, -0.05) is 36.4 Å². The lowest BCUT2D eigenvalue weighted by Gasteiger charge is -2.19. The number of rotatable bonds is 4. The highest BCUT2D eigenvalue weighted by Crippen LogP contribution is 2.32. The van der Waals surface area contributed by atoms with E-state index < -0.39 is 0 Å². The monoisotopic (exact) mass is 332 g/mol. The Morgan fingerprint density at radius 3 is 2.56 bits per heavy atom. The molecule has 1 N–H and O–H groups in total. The van der Waals surface area contributed by atoms with Crippen LogP contribution in [0.2, 0.25) is 0 Å². The second-order valence-electron chi connectivity index (χ2n) is 5.64. The fraction of sp³-hybridized carbons (Fsp3) is 0.100. The van der Waals surface area contributed by atoms with Crippen LogP contribution < -0.4 is 14.8 Å². The van der Waals surface area contributed by atoms with Crippen molar-refractivity contribution >= 4 is 5.91 Å². The minimum Gasteiger partial charge on any atom is -0.454 e. The average molecular weight is 332 g/mol. The van der Waals surface area contributed by atoms with E-state index in [1.165, 1.54) is 0 Å². The minimum atomic E-state index is -0.333. The maximum absolute atomic E-state index is 12.8. The molecule has 3 aromatic rings. The van der Waals surface area contributed by atoms with Crippen molar-refractivity contribution in [3.05, 3.63) is 89.7 Å². The maximum atomic E-state index is 12.8. The first-order chi connectivity index (χ1) is 12.3. The van der Waals surface area contributed by atoms with Crippen molar-refractivity contribution in [1.29, 1.82) is 0 Å². The summed E-state index contributed by atoms with van der Waals surface area (Å²) in [6.07, 6.45) is 1.72. The van der Waals surface area contributed by atoms with Crippen LogP contribution in [0.3, 0.4) is 0 Å². The van der Waals surface area contributed by atoms with Crippen LogP contribution in [0, 0.1) is 0 Å². The van der Waals surface area contributed by atoms with E-state index in [1.807, 2.05) is 48.5 Å². The summed E-state index contributed by atoms with van der Waals surface area (Å²) in [4.78, 5) is 17.2. The zero-order valence-corrected chi connectivity index (χ0v) is 13.4. The summed E-state index contributed by atoms with van der Waals surface area (Å²) in [7, 11) is 0. The topological polar surface area (TPSA) is 60.5 Å². The van der Waals surface area contributed by atoms with E-state index in [0.29, 0.717) is 17.1 Å². The molecule has 4 rings (SSSR count). The van der Waals surface area contributed by atoms with Gasteiger partial charge in [0.05, 0.1) is 11.7 Å². The van der Waals surface area contributed by atoms with Gasteiger partial charge in [-0.05, 0) is 35.9 Å². The summed E-state index contributed by atoms with van der Waals surface area (Å²) in [5.74, 6) is 1.04. The number of hydrogen-bond donors (Lipinski definition) is 1. The lowest BCUT2D eigenvalue weighted by atomic mass is 10.0. The van der Waals surface area contributed by atoms with E-state index in [-0.39, 0.29) is 18.7 Å². The van der Waals surface area contributed by atoms with Crippen molar-refractivity contribution in [2.45, 2.75) is 6.04 Å². The van der Waals surface area contributed by atoms with Crippen LogP contribution in [0.1, 0.15) is 27.7 Å². The maximum Gasteiger partial charge on any atom is 0.252 e. The minimum absolute atomic E-state index is 0.182. The van der Waals surface area contributed by atoms with E-state index in [9.17, 15) is 4.79 Å². The van der Waals surface area contributed by atoms with Crippen molar-refractivity contribution in [2.24, 2.45) is 0 Å². The predicted octanol–water partition coefficient (Wildman–Crippen LogP) is 3.33. The Morgan fingerprint density at radius 2 is 1.76 bits per heavy atom. The van der Waals surface area contributed by atoms with E-state index in [1.54, 1.807) is 24.4 Å². The molecule has 1 atom stereocenters. The zero-order valence-electron chi connectivity index (χ0n) is 13.4. The first-order valence-corrected chi connectivity index (χ1v) is 7.97. The molecule has 2 heterocycles. The predicted molar refractivity (Wildman–Crippen MR) is 92.6 cm³/mol. The largest absolute Gasteiger partial charge is 0.454 e. The van der Waals surface area contributed by atoms with Gasteiger partial charge < -0.3 is 14.8 Å². The molecule has 0 saturated heterocycles. The number of carbonyl (C=O) groups is 1. The molecule has 1 aliphatic heterocycles. The molecule has 2 aromatic carbocycles. The molecule has 1 aromatic heterocycles. The molecule has 0 aliphatic carbocycles. The van der Waals surface area contributed by atoms with Gasteiger partial charge in [0, 0.05) is 11.8 Å². The van der Waals surface area contributed by atoms with Crippen molar-refractivity contribution < 1.29 is 14.3 Å². The Morgan fingerprint density at radius 1 is 0.960 bits per heavy atom. The lowest BCUT2D eigenvalue weighted by molar-refractivity contribution is 0.0942. The van der Waals surface area contributed by atoms with Crippen LogP contribution in [0.25, 0.3) is 0 Å². The molecule has 0 spiro atoms. The van der Waals surface area contributed by atoms with Crippen LogP contribution in [-0.4, -0.2) is 17.7 Å². The third-order valence-electron chi connectivity index (χ3n) is 4.03. The Kier molecular flexibility index (Phi) is 4.04. The van der Waals surface area contributed by atoms with E-state index in [0.717, 1.165) is 11.3 Å². The third-order valence-corrected chi connectivity index (χ3v) is 4.03. The van der Waals surface area contributed by atoms with Gasteiger partial charge in [0.2, 0.25) is 6.79 Å². The third kappa shape index (κ3) is 3.17. The lowest BCUT2D eigenvalue weighted by Crippen LogP contribution is -2.29.